The molecule has 3 heteroatoms. The Morgan fingerprint density at radius 2 is 2.21 bits per heavy atom. The topological polar surface area (TPSA) is 15.3 Å². The predicted octanol–water partition coefficient (Wildman–Crippen LogP) is 3.45. The van der Waals surface area contributed by atoms with E-state index in [2.05, 4.69) is 71.3 Å². The van der Waals surface area contributed by atoms with Crippen LogP contribution in [0.2, 0.25) is 0 Å². The molecule has 2 rings (SSSR count). The molecule has 1 heterocycles. The fourth-order valence-corrected chi connectivity index (χ4v) is 3.34. The number of rotatable bonds is 4. The smallest absolute Gasteiger partial charge is 0.0178 e. The molecule has 0 spiro atoms. The number of nitrogens with zero attached hydrogens (tertiary/aromatic N) is 1. The molecule has 1 fully saturated rings. The van der Waals surface area contributed by atoms with Crippen LogP contribution in [0.1, 0.15) is 32.3 Å². The number of halogens is 1. The predicted molar refractivity (Wildman–Crippen MR) is 85.6 cm³/mol. The first-order valence-corrected chi connectivity index (χ1v) is 7.95. The lowest BCUT2D eigenvalue weighted by Gasteiger charge is -2.40. The highest BCUT2D eigenvalue weighted by molar-refractivity contribution is 9.10. The molecule has 1 atom stereocenters. The number of piperidine rings is 1. The summed E-state index contributed by atoms with van der Waals surface area (Å²) in [5.74, 6) is 0. The van der Waals surface area contributed by atoms with Gasteiger partial charge in [-0.25, -0.2) is 0 Å². The lowest BCUT2D eigenvalue weighted by Crippen LogP contribution is -2.52. The molecule has 0 bridgehead atoms. The second kappa shape index (κ2) is 6.38. The third kappa shape index (κ3) is 4.59. The van der Waals surface area contributed by atoms with E-state index in [4.69, 9.17) is 0 Å². The Labute approximate surface area is 125 Å². The lowest BCUT2D eigenvalue weighted by atomic mass is 9.88. The van der Waals surface area contributed by atoms with Gasteiger partial charge in [0.2, 0.25) is 0 Å². The van der Waals surface area contributed by atoms with Crippen molar-refractivity contribution in [3.63, 3.8) is 0 Å². The maximum Gasteiger partial charge on any atom is 0.0178 e. The third-order valence-electron chi connectivity index (χ3n) is 4.09. The number of likely N-dealkylation sites (N-methyl/N-ethyl adjacent to an activating group) is 1. The maximum absolute atomic E-state index is 3.59. The van der Waals surface area contributed by atoms with Gasteiger partial charge in [0.15, 0.2) is 0 Å². The second-order valence-corrected chi connectivity index (χ2v) is 7.23. The molecule has 2 nitrogen and oxygen atoms in total. The van der Waals surface area contributed by atoms with E-state index >= 15 is 0 Å². The van der Waals surface area contributed by atoms with Gasteiger partial charge in [-0.15, -0.1) is 0 Å². The quantitative estimate of drug-likeness (QED) is 0.912. The zero-order valence-corrected chi connectivity index (χ0v) is 13.8. The molecule has 1 aromatic carbocycles. The minimum Gasteiger partial charge on any atom is -0.312 e. The number of nitrogens with one attached hydrogen (secondary N) is 1. The Bertz CT molecular complexity index is 417. The van der Waals surface area contributed by atoms with Gasteiger partial charge in [-0.3, -0.25) is 0 Å². The van der Waals surface area contributed by atoms with Crippen molar-refractivity contribution in [2.75, 3.05) is 20.1 Å². The summed E-state index contributed by atoms with van der Waals surface area (Å²) in [6.07, 6.45) is 3.63. The summed E-state index contributed by atoms with van der Waals surface area (Å²) in [5, 5.41) is 3.59. The zero-order chi connectivity index (χ0) is 13.9. The van der Waals surface area contributed by atoms with Gasteiger partial charge >= 0.3 is 0 Å². The highest BCUT2D eigenvalue weighted by Gasteiger charge is 2.29. The first-order chi connectivity index (χ1) is 8.96. The summed E-state index contributed by atoms with van der Waals surface area (Å²) in [5.41, 5.74) is 1.70. The van der Waals surface area contributed by atoms with E-state index in [0.717, 1.165) is 19.5 Å². The van der Waals surface area contributed by atoms with E-state index < -0.39 is 0 Å². The van der Waals surface area contributed by atoms with Crippen molar-refractivity contribution in [3.05, 3.63) is 34.3 Å². The van der Waals surface area contributed by atoms with Crippen LogP contribution in [-0.4, -0.2) is 36.6 Å². The average Bonchev–Trinajstić information content (AvgIpc) is 2.35. The van der Waals surface area contributed by atoms with Crippen molar-refractivity contribution in [1.82, 2.24) is 10.2 Å². The summed E-state index contributed by atoms with van der Waals surface area (Å²) in [6, 6.07) is 9.35. The van der Waals surface area contributed by atoms with Crippen LogP contribution in [0.3, 0.4) is 0 Å². The van der Waals surface area contributed by atoms with E-state index in [1.165, 1.54) is 22.9 Å². The van der Waals surface area contributed by atoms with Gasteiger partial charge in [-0.2, -0.15) is 0 Å². The first-order valence-electron chi connectivity index (χ1n) is 7.16. The first kappa shape index (κ1) is 15.0. The fraction of sp³-hybridized carbons (Fsp3) is 0.625. The van der Waals surface area contributed by atoms with Gasteiger partial charge < -0.3 is 10.2 Å². The van der Waals surface area contributed by atoms with Crippen LogP contribution in [-0.2, 0) is 6.42 Å². The van der Waals surface area contributed by atoms with E-state index in [1.54, 1.807) is 0 Å². The fourth-order valence-electron chi connectivity index (χ4n) is 2.90. The molecule has 0 amide bonds. The zero-order valence-electron chi connectivity index (χ0n) is 12.2. The average molecular weight is 325 g/mol. The van der Waals surface area contributed by atoms with Gasteiger partial charge in [-0.1, -0.05) is 28.1 Å². The normalized spacial score (nSPS) is 22.7. The van der Waals surface area contributed by atoms with Gasteiger partial charge in [0.25, 0.3) is 0 Å². The van der Waals surface area contributed by atoms with Crippen molar-refractivity contribution in [3.8, 4) is 0 Å². The van der Waals surface area contributed by atoms with Crippen LogP contribution < -0.4 is 5.32 Å². The summed E-state index contributed by atoms with van der Waals surface area (Å²) in [6.45, 7) is 6.89. The van der Waals surface area contributed by atoms with Gasteiger partial charge in [0.1, 0.15) is 0 Å². The molecule has 1 aliphatic heterocycles. The Balaban J connectivity index is 1.85. The molecule has 106 valence electrons. The third-order valence-corrected chi connectivity index (χ3v) is 4.59. The monoisotopic (exact) mass is 324 g/mol. The minimum atomic E-state index is 0.285. The van der Waals surface area contributed by atoms with Crippen LogP contribution in [0.5, 0.6) is 0 Å². The van der Waals surface area contributed by atoms with Gasteiger partial charge in [-0.05, 0) is 64.4 Å². The molecular formula is C16H25BrN2. The maximum atomic E-state index is 3.59. The highest BCUT2D eigenvalue weighted by Crippen LogP contribution is 2.22. The van der Waals surface area contributed by atoms with Gasteiger partial charge in [0, 0.05) is 22.6 Å². The van der Waals surface area contributed by atoms with Crippen LogP contribution in [0.25, 0.3) is 0 Å². The SMILES string of the molecule is CN(CCc1cccc(Br)c1)C1CCNC(C)(C)C1. The molecule has 1 unspecified atom stereocenters. The molecule has 0 aliphatic carbocycles. The molecule has 1 aromatic rings. The Morgan fingerprint density at radius 1 is 1.42 bits per heavy atom. The lowest BCUT2D eigenvalue weighted by molar-refractivity contribution is 0.145. The Hall–Kier alpha value is -0.380. The van der Waals surface area contributed by atoms with Crippen molar-refractivity contribution in [1.29, 1.82) is 0 Å². The van der Waals surface area contributed by atoms with Crippen molar-refractivity contribution in [2.45, 2.75) is 44.7 Å². The molecule has 0 radical (unpaired) electrons. The van der Waals surface area contributed by atoms with Crippen molar-refractivity contribution < 1.29 is 0 Å². The van der Waals surface area contributed by atoms with Crippen molar-refractivity contribution >= 4 is 15.9 Å². The summed E-state index contributed by atoms with van der Waals surface area (Å²) in [4.78, 5) is 2.53. The summed E-state index contributed by atoms with van der Waals surface area (Å²) in [7, 11) is 2.27. The molecular weight excluding hydrogens is 300 g/mol. The number of benzene rings is 1. The molecule has 1 aliphatic rings. The van der Waals surface area contributed by atoms with E-state index in [9.17, 15) is 0 Å². The molecule has 1 N–H and O–H groups in total. The van der Waals surface area contributed by atoms with Gasteiger partial charge in [0.05, 0.1) is 0 Å². The van der Waals surface area contributed by atoms with E-state index in [1.807, 2.05) is 0 Å². The Morgan fingerprint density at radius 3 is 2.89 bits per heavy atom. The van der Waals surface area contributed by atoms with Crippen LogP contribution >= 0.6 is 15.9 Å². The number of hydrogen-bond donors (Lipinski definition) is 1. The molecule has 0 aromatic heterocycles. The summed E-state index contributed by atoms with van der Waals surface area (Å²) >= 11 is 3.54. The minimum absolute atomic E-state index is 0.285. The molecule has 19 heavy (non-hydrogen) atoms. The Kier molecular flexibility index (Phi) is 5.04. The standard InChI is InChI=1S/C16H25BrN2/c1-16(2)12-15(7-9-18-16)19(3)10-8-13-5-4-6-14(17)11-13/h4-6,11,15,18H,7-10,12H2,1-3H3. The van der Waals surface area contributed by atoms with E-state index in [0.29, 0.717) is 6.04 Å². The highest BCUT2D eigenvalue weighted by atomic mass is 79.9. The van der Waals surface area contributed by atoms with Crippen LogP contribution in [0.15, 0.2) is 28.7 Å². The van der Waals surface area contributed by atoms with E-state index in [-0.39, 0.29) is 5.54 Å². The van der Waals surface area contributed by atoms with Crippen molar-refractivity contribution in [2.24, 2.45) is 0 Å². The van der Waals surface area contributed by atoms with Crippen LogP contribution in [0.4, 0.5) is 0 Å². The molecule has 0 saturated carbocycles. The second-order valence-electron chi connectivity index (χ2n) is 6.32. The molecule has 1 saturated heterocycles. The van der Waals surface area contributed by atoms with Crippen LogP contribution in [0, 0.1) is 0 Å². The number of hydrogen-bond acceptors (Lipinski definition) is 2. The largest absolute Gasteiger partial charge is 0.312 e. The summed E-state index contributed by atoms with van der Waals surface area (Å²) < 4.78 is 1.18.